The molecule has 0 bridgehead atoms. The van der Waals surface area contributed by atoms with Crippen LogP contribution in [0.5, 0.6) is 5.75 Å². The Balaban J connectivity index is 2.34. The van der Waals surface area contributed by atoms with Gasteiger partial charge in [-0.1, -0.05) is 46.2 Å². The van der Waals surface area contributed by atoms with E-state index in [2.05, 4.69) is 19.2 Å². The Labute approximate surface area is 134 Å². The lowest BCUT2D eigenvalue weighted by molar-refractivity contribution is -0.123. The van der Waals surface area contributed by atoms with Gasteiger partial charge in [0, 0.05) is 6.54 Å². The monoisotopic (exact) mass is 306 g/mol. The summed E-state index contributed by atoms with van der Waals surface area (Å²) in [5.41, 5.74) is 7.07. The Morgan fingerprint density at radius 1 is 1.23 bits per heavy atom. The minimum atomic E-state index is -0.420. The van der Waals surface area contributed by atoms with Crippen LogP contribution in [0.1, 0.15) is 39.7 Å². The molecule has 4 heteroatoms. The summed E-state index contributed by atoms with van der Waals surface area (Å²) in [6.45, 7) is 9.63. The van der Waals surface area contributed by atoms with E-state index in [-0.39, 0.29) is 11.8 Å². The maximum absolute atomic E-state index is 11.9. The topological polar surface area (TPSA) is 64.4 Å². The lowest BCUT2D eigenvalue weighted by Gasteiger charge is -2.17. The van der Waals surface area contributed by atoms with Crippen LogP contribution in [0.3, 0.4) is 0 Å². The van der Waals surface area contributed by atoms with Crippen molar-refractivity contribution in [3.63, 3.8) is 0 Å². The van der Waals surface area contributed by atoms with Crippen LogP contribution in [-0.2, 0) is 11.2 Å². The largest absolute Gasteiger partial charge is 0.493 e. The van der Waals surface area contributed by atoms with E-state index >= 15 is 0 Å². The molecule has 1 amide bonds. The van der Waals surface area contributed by atoms with Crippen LogP contribution in [0.25, 0.3) is 0 Å². The first-order valence-electron chi connectivity index (χ1n) is 8.19. The maximum atomic E-state index is 11.9. The molecule has 0 saturated carbocycles. The van der Waals surface area contributed by atoms with Crippen LogP contribution in [0.4, 0.5) is 0 Å². The van der Waals surface area contributed by atoms with Crippen molar-refractivity contribution in [1.82, 2.24) is 5.32 Å². The molecule has 0 aliphatic carbocycles. The molecule has 3 N–H and O–H groups in total. The molecule has 0 aliphatic heterocycles. The highest BCUT2D eigenvalue weighted by atomic mass is 16.5. The molecule has 0 heterocycles. The van der Waals surface area contributed by atoms with Crippen molar-refractivity contribution in [3.8, 4) is 5.75 Å². The zero-order valence-corrected chi connectivity index (χ0v) is 14.3. The van der Waals surface area contributed by atoms with Gasteiger partial charge in [-0.25, -0.2) is 0 Å². The molecule has 1 rings (SSSR count). The molecule has 124 valence electrons. The predicted molar refractivity (Wildman–Crippen MR) is 90.9 cm³/mol. The van der Waals surface area contributed by atoms with E-state index in [9.17, 15) is 4.79 Å². The molecule has 4 nitrogen and oxygen atoms in total. The second-order valence-electron chi connectivity index (χ2n) is 6.30. The number of ether oxygens (including phenoxy) is 1. The molecule has 2 unspecified atom stereocenters. The molecular weight excluding hydrogens is 276 g/mol. The lowest BCUT2D eigenvalue weighted by Crippen LogP contribution is -2.45. The van der Waals surface area contributed by atoms with Crippen LogP contribution < -0.4 is 15.8 Å². The molecule has 1 aromatic carbocycles. The molecule has 0 saturated heterocycles. The highest BCUT2D eigenvalue weighted by molar-refractivity contribution is 5.81. The molecule has 2 atom stereocenters. The van der Waals surface area contributed by atoms with Crippen LogP contribution in [0.2, 0.25) is 0 Å². The second kappa shape index (κ2) is 9.46. The summed E-state index contributed by atoms with van der Waals surface area (Å²) in [4.78, 5) is 11.9. The van der Waals surface area contributed by atoms with Gasteiger partial charge in [-0.15, -0.1) is 0 Å². The Kier molecular flexibility index (Phi) is 7.96. The third kappa shape index (κ3) is 6.48. The number of carbonyl (C=O) groups excluding carboxylic acids is 1. The normalized spacial score (nSPS) is 13.7. The van der Waals surface area contributed by atoms with Gasteiger partial charge in [-0.2, -0.15) is 0 Å². The molecule has 0 aliphatic rings. The summed E-state index contributed by atoms with van der Waals surface area (Å²) in [6.07, 6.45) is 1.70. The fraction of sp³-hybridized carbons (Fsp3) is 0.611. The number of nitrogens with two attached hydrogens (primary N) is 1. The number of nitrogens with one attached hydrogen (secondary N) is 1. The first-order chi connectivity index (χ1) is 10.4. The number of carbonyl (C=O) groups is 1. The van der Waals surface area contributed by atoms with Gasteiger partial charge in [0.15, 0.2) is 0 Å². The molecule has 0 radical (unpaired) electrons. The van der Waals surface area contributed by atoms with Crippen molar-refractivity contribution < 1.29 is 9.53 Å². The van der Waals surface area contributed by atoms with E-state index in [0.29, 0.717) is 12.5 Å². The van der Waals surface area contributed by atoms with Gasteiger partial charge in [-0.3, -0.25) is 4.79 Å². The van der Waals surface area contributed by atoms with Crippen molar-refractivity contribution in [2.24, 2.45) is 17.6 Å². The Hall–Kier alpha value is -1.55. The smallest absolute Gasteiger partial charge is 0.237 e. The SMILES string of the molecule is CCC(C)C(N)C(=O)NCCc1ccc(OCC(C)C)cc1. The summed E-state index contributed by atoms with van der Waals surface area (Å²) in [5, 5.41) is 2.91. The summed E-state index contributed by atoms with van der Waals surface area (Å²) in [7, 11) is 0. The van der Waals surface area contributed by atoms with Gasteiger partial charge in [0.2, 0.25) is 5.91 Å². The number of rotatable bonds is 9. The molecular formula is C18H30N2O2. The van der Waals surface area contributed by atoms with E-state index in [1.54, 1.807) is 0 Å². The minimum absolute atomic E-state index is 0.0637. The lowest BCUT2D eigenvalue weighted by atomic mass is 9.99. The zero-order valence-electron chi connectivity index (χ0n) is 14.3. The van der Waals surface area contributed by atoms with Gasteiger partial charge < -0.3 is 15.8 Å². The Morgan fingerprint density at radius 2 is 1.86 bits per heavy atom. The number of hydrogen-bond donors (Lipinski definition) is 2. The van der Waals surface area contributed by atoms with Crippen LogP contribution in [0.15, 0.2) is 24.3 Å². The van der Waals surface area contributed by atoms with E-state index in [1.165, 1.54) is 5.56 Å². The molecule has 0 spiro atoms. The molecule has 0 fully saturated rings. The summed E-state index contributed by atoms with van der Waals surface area (Å²) in [5.74, 6) is 1.55. The van der Waals surface area contributed by atoms with Crippen LogP contribution in [0, 0.1) is 11.8 Å². The Bertz CT molecular complexity index is 443. The fourth-order valence-corrected chi connectivity index (χ4v) is 1.98. The third-order valence-electron chi connectivity index (χ3n) is 3.78. The third-order valence-corrected chi connectivity index (χ3v) is 3.78. The van der Waals surface area contributed by atoms with Crippen LogP contribution >= 0.6 is 0 Å². The van der Waals surface area contributed by atoms with Gasteiger partial charge >= 0.3 is 0 Å². The molecule has 0 aromatic heterocycles. The minimum Gasteiger partial charge on any atom is -0.493 e. The standard InChI is InChI=1S/C18H30N2O2/c1-5-14(4)17(19)18(21)20-11-10-15-6-8-16(9-7-15)22-12-13(2)3/h6-9,13-14,17H,5,10-12,19H2,1-4H3,(H,20,21). The first-order valence-corrected chi connectivity index (χ1v) is 8.19. The van der Waals surface area contributed by atoms with Gasteiger partial charge in [0.25, 0.3) is 0 Å². The average Bonchev–Trinajstić information content (AvgIpc) is 2.52. The van der Waals surface area contributed by atoms with E-state index in [1.807, 2.05) is 38.1 Å². The van der Waals surface area contributed by atoms with Crippen LogP contribution in [-0.4, -0.2) is 25.1 Å². The summed E-state index contributed by atoms with van der Waals surface area (Å²) in [6, 6.07) is 7.61. The highest BCUT2D eigenvalue weighted by Crippen LogP contribution is 2.13. The number of hydrogen-bond acceptors (Lipinski definition) is 3. The highest BCUT2D eigenvalue weighted by Gasteiger charge is 2.18. The average molecular weight is 306 g/mol. The van der Waals surface area contributed by atoms with E-state index < -0.39 is 6.04 Å². The summed E-state index contributed by atoms with van der Waals surface area (Å²) < 4.78 is 5.65. The Morgan fingerprint density at radius 3 is 2.41 bits per heavy atom. The number of benzene rings is 1. The summed E-state index contributed by atoms with van der Waals surface area (Å²) >= 11 is 0. The van der Waals surface area contributed by atoms with Gasteiger partial charge in [-0.05, 0) is 36.0 Å². The van der Waals surface area contributed by atoms with Crippen molar-refractivity contribution in [3.05, 3.63) is 29.8 Å². The van der Waals surface area contributed by atoms with Crippen molar-refractivity contribution in [1.29, 1.82) is 0 Å². The maximum Gasteiger partial charge on any atom is 0.237 e. The molecule has 22 heavy (non-hydrogen) atoms. The number of amides is 1. The fourth-order valence-electron chi connectivity index (χ4n) is 1.98. The first kappa shape index (κ1) is 18.5. The quantitative estimate of drug-likeness (QED) is 0.737. The zero-order chi connectivity index (χ0) is 16.5. The van der Waals surface area contributed by atoms with Gasteiger partial charge in [0.1, 0.15) is 5.75 Å². The van der Waals surface area contributed by atoms with E-state index in [0.717, 1.165) is 25.2 Å². The van der Waals surface area contributed by atoms with Crippen molar-refractivity contribution >= 4 is 5.91 Å². The van der Waals surface area contributed by atoms with E-state index in [4.69, 9.17) is 10.5 Å². The van der Waals surface area contributed by atoms with Gasteiger partial charge in [0.05, 0.1) is 12.6 Å². The van der Waals surface area contributed by atoms with Crippen molar-refractivity contribution in [2.75, 3.05) is 13.2 Å². The van der Waals surface area contributed by atoms with Crippen molar-refractivity contribution in [2.45, 2.75) is 46.6 Å². The second-order valence-corrected chi connectivity index (χ2v) is 6.30. The molecule has 1 aromatic rings. The predicted octanol–water partition coefficient (Wildman–Crippen LogP) is 2.75.